The normalized spacial score (nSPS) is 16.7. The molecule has 1 aliphatic rings. The number of rotatable bonds is 4. The summed E-state index contributed by atoms with van der Waals surface area (Å²) in [5, 5.41) is 11.0. The van der Waals surface area contributed by atoms with Gasteiger partial charge in [-0.2, -0.15) is 0 Å². The molecule has 8 heteroatoms. The summed E-state index contributed by atoms with van der Waals surface area (Å²) in [6.45, 7) is 2.87. The maximum atomic E-state index is 12.6. The van der Waals surface area contributed by atoms with Crippen molar-refractivity contribution in [1.29, 1.82) is 0 Å². The third-order valence-electron chi connectivity index (χ3n) is 3.99. The molecular weight excluding hydrogens is 346 g/mol. The molecule has 0 bridgehead atoms. The fourth-order valence-electron chi connectivity index (χ4n) is 2.67. The topological polar surface area (TPSA) is 85.6 Å². The number of nitro benzene ring substituents is 1. The molecule has 1 unspecified atom stereocenters. The lowest BCUT2D eigenvalue weighted by Gasteiger charge is -2.17. The molecule has 0 aliphatic carbocycles. The number of aryl methyl sites for hydroxylation is 1. The molecule has 1 fully saturated rings. The largest absolute Gasteiger partial charge is 0.472 e. The molecule has 2 aromatic rings. The number of pyridine rings is 1. The van der Waals surface area contributed by atoms with Crippen LogP contribution < -0.4 is 4.74 Å². The third-order valence-corrected chi connectivity index (χ3v) is 4.31. The van der Waals surface area contributed by atoms with Crippen LogP contribution in [0.5, 0.6) is 5.88 Å². The molecule has 1 amide bonds. The lowest BCUT2D eigenvalue weighted by Crippen LogP contribution is -2.31. The maximum Gasteiger partial charge on any atom is 0.288 e. The first-order chi connectivity index (χ1) is 11.9. The van der Waals surface area contributed by atoms with Gasteiger partial charge in [0.25, 0.3) is 11.6 Å². The summed E-state index contributed by atoms with van der Waals surface area (Å²) in [5.41, 5.74) is 1.01. The fraction of sp³-hybridized carbons (Fsp3) is 0.294. The molecule has 1 atom stereocenters. The van der Waals surface area contributed by atoms with E-state index in [-0.39, 0.29) is 28.3 Å². The summed E-state index contributed by atoms with van der Waals surface area (Å²) in [4.78, 5) is 28.7. The van der Waals surface area contributed by atoms with Gasteiger partial charge in [-0.3, -0.25) is 14.9 Å². The monoisotopic (exact) mass is 361 g/mol. The number of halogens is 1. The zero-order chi connectivity index (χ0) is 18.0. The zero-order valence-corrected chi connectivity index (χ0v) is 14.3. The van der Waals surface area contributed by atoms with Gasteiger partial charge in [0.1, 0.15) is 11.1 Å². The summed E-state index contributed by atoms with van der Waals surface area (Å²) in [7, 11) is 0. The zero-order valence-electron chi connectivity index (χ0n) is 13.5. The second-order valence-corrected chi connectivity index (χ2v) is 6.28. The van der Waals surface area contributed by atoms with E-state index in [0.717, 1.165) is 5.56 Å². The highest BCUT2D eigenvalue weighted by Gasteiger charge is 2.29. The van der Waals surface area contributed by atoms with Gasteiger partial charge in [0.2, 0.25) is 5.88 Å². The van der Waals surface area contributed by atoms with Gasteiger partial charge in [0.05, 0.1) is 11.5 Å². The molecule has 25 heavy (non-hydrogen) atoms. The van der Waals surface area contributed by atoms with Crippen molar-refractivity contribution in [3.8, 4) is 5.88 Å². The second-order valence-electron chi connectivity index (χ2n) is 5.88. The molecule has 1 aromatic heterocycles. The van der Waals surface area contributed by atoms with Crippen LogP contribution in [-0.2, 0) is 0 Å². The molecular formula is C17H16ClN3O4. The van der Waals surface area contributed by atoms with Crippen LogP contribution in [-0.4, -0.2) is 39.9 Å². The number of benzene rings is 1. The van der Waals surface area contributed by atoms with Gasteiger partial charge in [-0.1, -0.05) is 17.7 Å². The smallest absolute Gasteiger partial charge is 0.288 e. The predicted molar refractivity (Wildman–Crippen MR) is 92.0 cm³/mol. The Balaban J connectivity index is 1.67. The van der Waals surface area contributed by atoms with Crippen LogP contribution in [0.25, 0.3) is 0 Å². The molecule has 1 saturated heterocycles. The van der Waals surface area contributed by atoms with Gasteiger partial charge in [0, 0.05) is 36.9 Å². The van der Waals surface area contributed by atoms with E-state index in [2.05, 4.69) is 4.98 Å². The number of ether oxygens (including phenoxy) is 1. The Bertz CT molecular complexity index is 810. The van der Waals surface area contributed by atoms with E-state index < -0.39 is 4.92 Å². The lowest BCUT2D eigenvalue weighted by molar-refractivity contribution is -0.384. The van der Waals surface area contributed by atoms with E-state index in [1.807, 2.05) is 13.0 Å². The first-order valence-electron chi connectivity index (χ1n) is 7.76. The van der Waals surface area contributed by atoms with Crippen molar-refractivity contribution in [2.45, 2.75) is 19.4 Å². The summed E-state index contributed by atoms with van der Waals surface area (Å²) >= 11 is 5.79. The minimum atomic E-state index is -0.599. The highest BCUT2D eigenvalue weighted by molar-refractivity contribution is 6.32. The SMILES string of the molecule is Cc1ccc(OC2CCN(C(=O)c3ccc(Cl)c([N+](=O)[O-])c3)C2)nc1. The van der Waals surface area contributed by atoms with Crippen LogP contribution in [0.1, 0.15) is 22.3 Å². The number of amides is 1. The maximum absolute atomic E-state index is 12.6. The number of carbonyl (C=O) groups is 1. The third kappa shape index (κ3) is 3.88. The quantitative estimate of drug-likeness (QED) is 0.616. The van der Waals surface area contributed by atoms with Crippen LogP contribution in [0.4, 0.5) is 5.69 Å². The Morgan fingerprint density at radius 2 is 2.20 bits per heavy atom. The first-order valence-corrected chi connectivity index (χ1v) is 8.14. The van der Waals surface area contributed by atoms with Gasteiger partial charge in [0.15, 0.2) is 0 Å². The van der Waals surface area contributed by atoms with Crippen molar-refractivity contribution in [2.24, 2.45) is 0 Å². The van der Waals surface area contributed by atoms with Crippen LogP contribution in [0.2, 0.25) is 5.02 Å². The summed E-state index contributed by atoms with van der Waals surface area (Å²) in [6.07, 6.45) is 2.25. The van der Waals surface area contributed by atoms with Crippen LogP contribution >= 0.6 is 11.6 Å². The van der Waals surface area contributed by atoms with E-state index in [1.165, 1.54) is 18.2 Å². The molecule has 0 radical (unpaired) electrons. The fourth-order valence-corrected chi connectivity index (χ4v) is 2.86. The van der Waals surface area contributed by atoms with Gasteiger partial charge in [-0.15, -0.1) is 0 Å². The van der Waals surface area contributed by atoms with Crippen molar-refractivity contribution in [1.82, 2.24) is 9.88 Å². The standard InChI is InChI=1S/C17H16ClN3O4/c1-11-2-5-16(19-9-11)25-13-6-7-20(10-13)17(22)12-3-4-14(18)15(8-12)21(23)24/h2-5,8-9,13H,6-7,10H2,1H3. The predicted octanol–water partition coefficient (Wildman–Crippen LogP) is 3.25. The highest BCUT2D eigenvalue weighted by atomic mass is 35.5. The highest BCUT2D eigenvalue weighted by Crippen LogP contribution is 2.26. The van der Waals surface area contributed by atoms with Gasteiger partial charge >= 0.3 is 0 Å². The second kappa shape index (κ2) is 7.06. The summed E-state index contributed by atoms with van der Waals surface area (Å²) in [5.74, 6) is 0.245. The Hall–Kier alpha value is -2.67. The number of aromatic nitrogens is 1. The van der Waals surface area contributed by atoms with Crippen molar-refractivity contribution < 1.29 is 14.5 Å². The Morgan fingerprint density at radius 3 is 2.88 bits per heavy atom. The van der Waals surface area contributed by atoms with Crippen molar-refractivity contribution in [3.05, 3.63) is 62.8 Å². The molecule has 0 N–H and O–H groups in total. The Labute approximate surface area is 149 Å². The van der Waals surface area contributed by atoms with E-state index >= 15 is 0 Å². The van der Waals surface area contributed by atoms with Crippen molar-refractivity contribution >= 4 is 23.2 Å². The number of nitrogens with zero attached hydrogens (tertiary/aromatic N) is 3. The Morgan fingerprint density at radius 1 is 1.40 bits per heavy atom. The Kier molecular flexibility index (Phi) is 4.85. The van der Waals surface area contributed by atoms with E-state index in [4.69, 9.17) is 16.3 Å². The molecule has 2 heterocycles. The van der Waals surface area contributed by atoms with Crippen LogP contribution in [0.15, 0.2) is 36.5 Å². The number of carbonyl (C=O) groups excluding carboxylic acids is 1. The van der Waals surface area contributed by atoms with E-state index in [9.17, 15) is 14.9 Å². The molecule has 1 aromatic carbocycles. The minimum absolute atomic E-state index is 0.00891. The lowest BCUT2D eigenvalue weighted by atomic mass is 10.2. The van der Waals surface area contributed by atoms with Gasteiger partial charge in [-0.25, -0.2) is 4.98 Å². The summed E-state index contributed by atoms with van der Waals surface area (Å²) < 4.78 is 5.79. The van der Waals surface area contributed by atoms with Gasteiger partial charge < -0.3 is 9.64 Å². The molecule has 3 rings (SSSR count). The number of hydrogen-bond acceptors (Lipinski definition) is 5. The summed E-state index contributed by atoms with van der Waals surface area (Å²) in [6, 6.07) is 7.77. The van der Waals surface area contributed by atoms with Crippen molar-refractivity contribution in [2.75, 3.05) is 13.1 Å². The first kappa shape index (κ1) is 17.2. The molecule has 0 spiro atoms. The molecule has 7 nitrogen and oxygen atoms in total. The number of hydrogen-bond donors (Lipinski definition) is 0. The molecule has 1 aliphatic heterocycles. The number of likely N-dealkylation sites (tertiary alicyclic amines) is 1. The molecule has 130 valence electrons. The average molecular weight is 362 g/mol. The number of nitro groups is 1. The van der Waals surface area contributed by atoms with E-state index in [0.29, 0.717) is 25.4 Å². The minimum Gasteiger partial charge on any atom is -0.472 e. The van der Waals surface area contributed by atoms with E-state index in [1.54, 1.807) is 17.2 Å². The van der Waals surface area contributed by atoms with Gasteiger partial charge in [-0.05, 0) is 24.6 Å². The van der Waals surface area contributed by atoms with Crippen LogP contribution in [0, 0.1) is 17.0 Å². The van der Waals surface area contributed by atoms with Crippen molar-refractivity contribution in [3.63, 3.8) is 0 Å². The average Bonchev–Trinajstić information content (AvgIpc) is 3.05. The molecule has 0 saturated carbocycles. The van der Waals surface area contributed by atoms with Crippen LogP contribution in [0.3, 0.4) is 0 Å².